The zero-order chi connectivity index (χ0) is 15.0. The van der Waals surface area contributed by atoms with Crippen molar-refractivity contribution in [1.82, 2.24) is 4.98 Å². The second-order valence-electron chi connectivity index (χ2n) is 5.25. The summed E-state index contributed by atoms with van der Waals surface area (Å²) in [5, 5.41) is 13.3. The van der Waals surface area contributed by atoms with Crippen molar-refractivity contribution in [1.29, 1.82) is 0 Å². The predicted molar refractivity (Wildman–Crippen MR) is 71.5 cm³/mol. The Morgan fingerprint density at radius 1 is 1.20 bits per heavy atom. The summed E-state index contributed by atoms with van der Waals surface area (Å²) in [4.78, 5) is 3.96. The molecule has 6 heteroatoms. The van der Waals surface area contributed by atoms with Crippen molar-refractivity contribution in [3.63, 3.8) is 0 Å². The molecule has 0 aliphatic rings. The van der Waals surface area contributed by atoms with Crippen molar-refractivity contribution in [2.45, 2.75) is 25.6 Å². The number of benzene rings is 1. The van der Waals surface area contributed by atoms with Crippen LogP contribution in [0.3, 0.4) is 0 Å². The van der Waals surface area contributed by atoms with Crippen molar-refractivity contribution < 1.29 is 18.3 Å². The minimum Gasteiger partial charge on any atom is -0.389 e. The van der Waals surface area contributed by atoms with Gasteiger partial charge in [-0.05, 0) is 32.0 Å². The first-order valence-corrected chi connectivity index (χ1v) is 6.09. The van der Waals surface area contributed by atoms with E-state index in [1.807, 2.05) is 0 Å². The lowest BCUT2D eigenvalue weighted by Crippen LogP contribution is -2.29. The number of hydrogen-bond donors (Lipinski definition) is 2. The van der Waals surface area contributed by atoms with Crippen molar-refractivity contribution >= 4 is 16.6 Å². The average molecular weight is 284 g/mol. The van der Waals surface area contributed by atoms with Gasteiger partial charge in [0.2, 0.25) is 0 Å². The Hall–Kier alpha value is -1.82. The third-order valence-corrected chi connectivity index (χ3v) is 2.78. The smallest absolute Gasteiger partial charge is 0.389 e. The summed E-state index contributed by atoms with van der Waals surface area (Å²) in [5.74, 6) is 0. The van der Waals surface area contributed by atoms with E-state index in [1.165, 1.54) is 12.3 Å². The third kappa shape index (κ3) is 3.39. The van der Waals surface area contributed by atoms with Gasteiger partial charge >= 0.3 is 6.18 Å². The maximum Gasteiger partial charge on any atom is 0.416 e. The molecule has 0 saturated carbocycles. The predicted octanol–water partition coefficient (Wildman–Crippen LogP) is 3.44. The Morgan fingerprint density at radius 2 is 1.90 bits per heavy atom. The first-order valence-electron chi connectivity index (χ1n) is 6.09. The maximum atomic E-state index is 12.6. The molecule has 0 atom stereocenters. The minimum atomic E-state index is -4.38. The standard InChI is InChI=1S/C14H15F3N2O/c1-13(2,20)8-19-11-5-6-18-12-7-9(14(15,16)17)3-4-10(11)12/h3-7,20H,8H2,1-2H3,(H,18,19). The Morgan fingerprint density at radius 3 is 2.50 bits per heavy atom. The average Bonchev–Trinajstić information content (AvgIpc) is 2.33. The first kappa shape index (κ1) is 14.6. The highest BCUT2D eigenvalue weighted by Gasteiger charge is 2.30. The van der Waals surface area contributed by atoms with Crippen LogP contribution in [-0.4, -0.2) is 22.2 Å². The summed E-state index contributed by atoms with van der Waals surface area (Å²) in [6.45, 7) is 3.57. The monoisotopic (exact) mass is 284 g/mol. The van der Waals surface area contributed by atoms with Gasteiger partial charge in [0.1, 0.15) is 0 Å². The van der Waals surface area contributed by atoms with E-state index in [4.69, 9.17) is 0 Å². The fourth-order valence-corrected chi connectivity index (χ4v) is 1.79. The Kier molecular flexibility index (Phi) is 3.60. The number of fused-ring (bicyclic) bond motifs is 1. The zero-order valence-electron chi connectivity index (χ0n) is 11.1. The molecule has 0 spiro atoms. The van der Waals surface area contributed by atoms with Gasteiger partial charge in [-0.25, -0.2) is 0 Å². The highest BCUT2D eigenvalue weighted by molar-refractivity contribution is 5.91. The van der Waals surface area contributed by atoms with E-state index in [0.29, 0.717) is 11.1 Å². The van der Waals surface area contributed by atoms with Gasteiger partial charge in [-0.3, -0.25) is 4.98 Å². The molecule has 0 aliphatic carbocycles. The largest absolute Gasteiger partial charge is 0.416 e. The molecule has 0 bridgehead atoms. The SMILES string of the molecule is CC(C)(O)CNc1ccnc2cc(C(F)(F)F)ccc12. The number of aliphatic hydroxyl groups is 1. The van der Waals surface area contributed by atoms with E-state index in [-0.39, 0.29) is 12.1 Å². The number of nitrogens with one attached hydrogen (secondary N) is 1. The van der Waals surface area contributed by atoms with Crippen LogP contribution in [0.15, 0.2) is 30.5 Å². The van der Waals surface area contributed by atoms with Crippen LogP contribution in [0.25, 0.3) is 10.9 Å². The van der Waals surface area contributed by atoms with Crippen molar-refractivity contribution in [2.75, 3.05) is 11.9 Å². The number of anilines is 1. The second-order valence-corrected chi connectivity index (χ2v) is 5.25. The van der Waals surface area contributed by atoms with E-state index in [1.54, 1.807) is 19.9 Å². The molecule has 0 radical (unpaired) electrons. The van der Waals surface area contributed by atoms with Crippen molar-refractivity contribution in [2.24, 2.45) is 0 Å². The van der Waals surface area contributed by atoms with Crippen LogP contribution in [0.2, 0.25) is 0 Å². The van der Waals surface area contributed by atoms with Gasteiger partial charge in [0, 0.05) is 23.8 Å². The minimum absolute atomic E-state index is 0.264. The highest BCUT2D eigenvalue weighted by atomic mass is 19.4. The Labute approximate surface area is 114 Å². The molecule has 0 aliphatic heterocycles. The lowest BCUT2D eigenvalue weighted by molar-refractivity contribution is -0.137. The molecule has 0 fully saturated rings. The summed E-state index contributed by atoms with van der Waals surface area (Å²) in [6, 6.07) is 5.10. The lowest BCUT2D eigenvalue weighted by atomic mass is 10.1. The molecule has 2 aromatic rings. The van der Waals surface area contributed by atoms with Gasteiger partial charge in [0.05, 0.1) is 16.7 Å². The molecule has 2 N–H and O–H groups in total. The quantitative estimate of drug-likeness (QED) is 0.907. The summed E-state index contributed by atoms with van der Waals surface area (Å²) >= 11 is 0. The van der Waals surface area contributed by atoms with E-state index >= 15 is 0 Å². The second kappa shape index (κ2) is 4.94. The summed E-state index contributed by atoms with van der Waals surface area (Å²) < 4.78 is 37.9. The Balaban J connectivity index is 2.39. The third-order valence-electron chi connectivity index (χ3n) is 2.78. The van der Waals surface area contributed by atoms with Crippen LogP contribution in [-0.2, 0) is 6.18 Å². The van der Waals surface area contributed by atoms with Gasteiger partial charge in [-0.2, -0.15) is 13.2 Å². The van der Waals surface area contributed by atoms with Crippen molar-refractivity contribution in [3.05, 3.63) is 36.0 Å². The van der Waals surface area contributed by atoms with E-state index in [9.17, 15) is 18.3 Å². The highest BCUT2D eigenvalue weighted by Crippen LogP contribution is 2.32. The number of aromatic nitrogens is 1. The van der Waals surface area contributed by atoms with Crippen LogP contribution in [0.4, 0.5) is 18.9 Å². The van der Waals surface area contributed by atoms with Gasteiger partial charge in [0.15, 0.2) is 0 Å². The molecular weight excluding hydrogens is 269 g/mol. The van der Waals surface area contributed by atoms with Crippen LogP contribution in [0.5, 0.6) is 0 Å². The molecule has 3 nitrogen and oxygen atoms in total. The fourth-order valence-electron chi connectivity index (χ4n) is 1.79. The van der Waals surface area contributed by atoms with Gasteiger partial charge < -0.3 is 10.4 Å². The van der Waals surface area contributed by atoms with Crippen LogP contribution in [0, 0.1) is 0 Å². The van der Waals surface area contributed by atoms with Crippen molar-refractivity contribution in [3.8, 4) is 0 Å². The molecule has 1 aromatic heterocycles. The molecule has 0 saturated heterocycles. The van der Waals surface area contributed by atoms with E-state index in [2.05, 4.69) is 10.3 Å². The van der Waals surface area contributed by atoms with Gasteiger partial charge in [-0.1, -0.05) is 6.07 Å². The lowest BCUT2D eigenvalue weighted by Gasteiger charge is -2.19. The van der Waals surface area contributed by atoms with Crippen LogP contribution < -0.4 is 5.32 Å². The van der Waals surface area contributed by atoms with E-state index in [0.717, 1.165) is 12.1 Å². The molecule has 1 aromatic carbocycles. The molecule has 2 rings (SSSR count). The molecule has 0 amide bonds. The molecule has 1 heterocycles. The van der Waals surface area contributed by atoms with E-state index < -0.39 is 17.3 Å². The topological polar surface area (TPSA) is 45.1 Å². The number of nitrogens with zero attached hydrogens (tertiary/aromatic N) is 1. The maximum absolute atomic E-state index is 12.6. The fraction of sp³-hybridized carbons (Fsp3) is 0.357. The summed E-state index contributed by atoms with van der Waals surface area (Å²) in [6.07, 6.45) is -2.94. The number of alkyl halides is 3. The van der Waals surface area contributed by atoms with Gasteiger partial charge in [0.25, 0.3) is 0 Å². The normalized spacial score (nSPS) is 12.7. The Bertz CT molecular complexity index is 618. The molecule has 20 heavy (non-hydrogen) atoms. The molecule has 0 unspecified atom stereocenters. The van der Waals surface area contributed by atoms with Gasteiger partial charge in [-0.15, -0.1) is 0 Å². The van der Waals surface area contributed by atoms with Crippen LogP contribution in [0.1, 0.15) is 19.4 Å². The molecule has 108 valence electrons. The number of hydrogen-bond acceptors (Lipinski definition) is 3. The first-order chi connectivity index (χ1) is 9.17. The summed E-state index contributed by atoms with van der Waals surface area (Å²) in [5.41, 5.74) is -0.731. The molecular formula is C14H15F3N2O. The number of pyridine rings is 1. The summed E-state index contributed by atoms with van der Waals surface area (Å²) in [7, 11) is 0. The number of halogens is 3. The van der Waals surface area contributed by atoms with Crippen LogP contribution >= 0.6 is 0 Å². The zero-order valence-corrected chi connectivity index (χ0v) is 11.1. The number of rotatable bonds is 3.